The number of halogens is 1. The number of aliphatic hydroxyl groups is 1. The average molecular weight is 336 g/mol. The van der Waals surface area contributed by atoms with Crippen molar-refractivity contribution < 1.29 is 9.90 Å². The molecule has 0 bridgehead atoms. The lowest BCUT2D eigenvalue weighted by molar-refractivity contribution is -0.115. The van der Waals surface area contributed by atoms with Crippen molar-refractivity contribution in [2.45, 2.75) is 24.8 Å². The number of amides is 1. The lowest BCUT2D eigenvalue weighted by Gasteiger charge is -2.10. The molecule has 3 nitrogen and oxygen atoms in total. The molecule has 5 heteroatoms. The molecule has 0 saturated carbocycles. The first-order chi connectivity index (χ1) is 10.6. The zero-order valence-corrected chi connectivity index (χ0v) is 13.9. The Labute approximate surface area is 139 Å². The highest BCUT2D eigenvalue weighted by atomic mass is 35.5. The fraction of sp³-hybridized carbons (Fsp3) is 0.235. The number of hydrogen-bond donors (Lipinski definition) is 2. The summed E-state index contributed by atoms with van der Waals surface area (Å²) in [5.41, 5.74) is 2.53. The molecule has 0 atom stereocenters. The Hall–Kier alpha value is -1.49. The Morgan fingerprint density at radius 1 is 1.23 bits per heavy atom. The molecular weight excluding hydrogens is 318 g/mol. The van der Waals surface area contributed by atoms with Crippen molar-refractivity contribution in [2.24, 2.45) is 0 Å². The van der Waals surface area contributed by atoms with Gasteiger partial charge in [0.1, 0.15) is 0 Å². The number of carbonyl (C=O) groups excluding carboxylic acids is 1. The largest absolute Gasteiger partial charge is 0.392 e. The molecule has 0 unspecified atom stereocenters. The summed E-state index contributed by atoms with van der Waals surface area (Å²) in [5, 5.41) is 12.8. The van der Waals surface area contributed by atoms with Crippen molar-refractivity contribution in [3.05, 3.63) is 58.6 Å². The van der Waals surface area contributed by atoms with Gasteiger partial charge in [0.05, 0.1) is 6.61 Å². The maximum atomic E-state index is 12.0. The van der Waals surface area contributed by atoms with Crippen LogP contribution in [-0.2, 0) is 11.4 Å². The molecular formula is C17H18ClNO2S. The minimum atomic E-state index is -0.0322. The van der Waals surface area contributed by atoms with Crippen LogP contribution in [0.5, 0.6) is 0 Å². The van der Waals surface area contributed by atoms with E-state index in [0.717, 1.165) is 21.7 Å². The van der Waals surface area contributed by atoms with E-state index in [9.17, 15) is 4.79 Å². The van der Waals surface area contributed by atoms with E-state index >= 15 is 0 Å². The second-order valence-corrected chi connectivity index (χ2v) is 6.51. The highest BCUT2D eigenvalue weighted by Crippen LogP contribution is 2.22. The van der Waals surface area contributed by atoms with Crippen LogP contribution >= 0.6 is 23.4 Å². The molecule has 1 amide bonds. The van der Waals surface area contributed by atoms with E-state index in [2.05, 4.69) is 5.32 Å². The summed E-state index contributed by atoms with van der Waals surface area (Å²) in [6, 6.07) is 13.1. The number of aryl methyl sites for hydroxylation is 1. The van der Waals surface area contributed by atoms with Crippen LogP contribution in [0.15, 0.2) is 47.4 Å². The summed E-state index contributed by atoms with van der Waals surface area (Å²) in [4.78, 5) is 13.1. The van der Waals surface area contributed by atoms with E-state index < -0.39 is 0 Å². The average Bonchev–Trinajstić information content (AvgIpc) is 2.51. The van der Waals surface area contributed by atoms with E-state index in [1.807, 2.05) is 43.3 Å². The van der Waals surface area contributed by atoms with Gasteiger partial charge in [-0.15, -0.1) is 11.8 Å². The number of hydrogen-bond acceptors (Lipinski definition) is 3. The lowest BCUT2D eigenvalue weighted by atomic mass is 10.1. The number of carbonyl (C=O) groups is 1. The predicted molar refractivity (Wildman–Crippen MR) is 92.5 cm³/mol. The Morgan fingerprint density at radius 2 is 1.95 bits per heavy atom. The van der Waals surface area contributed by atoms with Crippen molar-refractivity contribution in [3.8, 4) is 0 Å². The van der Waals surface area contributed by atoms with E-state index in [1.54, 1.807) is 17.8 Å². The first-order valence-electron chi connectivity index (χ1n) is 6.97. The third-order valence-electron chi connectivity index (χ3n) is 3.17. The summed E-state index contributed by atoms with van der Waals surface area (Å²) >= 11 is 7.46. The van der Waals surface area contributed by atoms with E-state index in [-0.39, 0.29) is 12.5 Å². The summed E-state index contributed by atoms with van der Waals surface area (Å²) < 4.78 is 0. The van der Waals surface area contributed by atoms with Crippen LogP contribution in [0.1, 0.15) is 17.5 Å². The number of anilines is 1. The third-order valence-corrected chi connectivity index (χ3v) is 4.44. The number of rotatable bonds is 6. The smallest absolute Gasteiger partial charge is 0.225 e. The van der Waals surface area contributed by atoms with Gasteiger partial charge in [-0.05, 0) is 48.4 Å². The normalized spacial score (nSPS) is 10.5. The fourth-order valence-corrected chi connectivity index (χ4v) is 2.88. The monoisotopic (exact) mass is 335 g/mol. The molecule has 22 heavy (non-hydrogen) atoms. The van der Waals surface area contributed by atoms with E-state index in [1.165, 1.54) is 0 Å². The van der Waals surface area contributed by atoms with Crippen molar-refractivity contribution in [1.82, 2.24) is 0 Å². The molecule has 116 valence electrons. The van der Waals surface area contributed by atoms with Crippen LogP contribution in [-0.4, -0.2) is 16.8 Å². The van der Waals surface area contributed by atoms with Gasteiger partial charge in [-0.25, -0.2) is 0 Å². The zero-order valence-electron chi connectivity index (χ0n) is 12.3. The van der Waals surface area contributed by atoms with Crippen LogP contribution in [0.4, 0.5) is 5.69 Å². The van der Waals surface area contributed by atoms with Crippen LogP contribution in [0.25, 0.3) is 0 Å². The zero-order chi connectivity index (χ0) is 15.9. The maximum Gasteiger partial charge on any atom is 0.225 e. The molecule has 0 aliphatic heterocycles. The van der Waals surface area contributed by atoms with Crippen LogP contribution in [0.2, 0.25) is 5.02 Å². The Balaban J connectivity index is 1.84. The predicted octanol–water partition coefficient (Wildman–Crippen LogP) is 4.26. The standard InChI is InChI=1S/C17H18ClNO2S/c1-12-2-3-13(11-20)10-16(12)19-17(21)8-9-22-15-6-4-14(18)5-7-15/h2-7,10,20H,8-9,11H2,1H3,(H,19,21). The number of thioether (sulfide) groups is 1. The second kappa shape index (κ2) is 8.22. The number of benzene rings is 2. The summed E-state index contributed by atoms with van der Waals surface area (Å²) in [7, 11) is 0. The Bertz CT molecular complexity index is 644. The van der Waals surface area contributed by atoms with Gasteiger partial charge in [0.25, 0.3) is 0 Å². The molecule has 0 heterocycles. The van der Waals surface area contributed by atoms with Gasteiger partial charge in [0, 0.05) is 27.8 Å². The van der Waals surface area contributed by atoms with Crippen molar-refractivity contribution in [3.63, 3.8) is 0 Å². The van der Waals surface area contributed by atoms with E-state index in [0.29, 0.717) is 17.2 Å². The van der Waals surface area contributed by atoms with Gasteiger partial charge in [-0.3, -0.25) is 4.79 Å². The van der Waals surface area contributed by atoms with Gasteiger partial charge in [-0.1, -0.05) is 23.7 Å². The van der Waals surface area contributed by atoms with Gasteiger partial charge in [0.2, 0.25) is 5.91 Å². The summed E-state index contributed by atoms with van der Waals surface area (Å²) in [6.07, 6.45) is 0.427. The van der Waals surface area contributed by atoms with Gasteiger partial charge >= 0.3 is 0 Å². The molecule has 0 radical (unpaired) electrons. The Kier molecular flexibility index (Phi) is 6.31. The molecule has 2 aromatic rings. The van der Waals surface area contributed by atoms with Gasteiger partial charge in [-0.2, -0.15) is 0 Å². The molecule has 0 saturated heterocycles. The maximum absolute atomic E-state index is 12.0. The molecule has 2 rings (SSSR count). The molecule has 0 fully saturated rings. The Morgan fingerprint density at radius 3 is 2.64 bits per heavy atom. The van der Waals surface area contributed by atoms with Gasteiger partial charge < -0.3 is 10.4 Å². The lowest BCUT2D eigenvalue weighted by Crippen LogP contribution is -2.13. The number of nitrogens with one attached hydrogen (secondary N) is 1. The van der Waals surface area contributed by atoms with Crippen LogP contribution in [0, 0.1) is 6.92 Å². The highest BCUT2D eigenvalue weighted by molar-refractivity contribution is 7.99. The molecule has 0 aliphatic carbocycles. The molecule has 2 N–H and O–H groups in total. The highest BCUT2D eigenvalue weighted by Gasteiger charge is 2.06. The topological polar surface area (TPSA) is 49.3 Å². The minimum Gasteiger partial charge on any atom is -0.392 e. The van der Waals surface area contributed by atoms with Crippen molar-refractivity contribution >= 4 is 35.0 Å². The van der Waals surface area contributed by atoms with Crippen LogP contribution < -0.4 is 5.32 Å². The van der Waals surface area contributed by atoms with Gasteiger partial charge in [0.15, 0.2) is 0 Å². The van der Waals surface area contributed by atoms with Crippen LogP contribution in [0.3, 0.4) is 0 Å². The molecule has 2 aromatic carbocycles. The van der Waals surface area contributed by atoms with E-state index in [4.69, 9.17) is 16.7 Å². The first kappa shape index (κ1) is 16.9. The number of aliphatic hydroxyl groups excluding tert-OH is 1. The SMILES string of the molecule is Cc1ccc(CO)cc1NC(=O)CCSc1ccc(Cl)cc1. The van der Waals surface area contributed by atoms with Crippen molar-refractivity contribution in [2.75, 3.05) is 11.1 Å². The molecule has 0 aromatic heterocycles. The fourth-order valence-electron chi connectivity index (χ4n) is 1.91. The molecule has 0 spiro atoms. The minimum absolute atomic E-state index is 0.0281. The third kappa shape index (κ3) is 5.05. The summed E-state index contributed by atoms with van der Waals surface area (Å²) in [5.74, 6) is 0.673. The first-order valence-corrected chi connectivity index (χ1v) is 8.33. The second-order valence-electron chi connectivity index (χ2n) is 4.91. The van der Waals surface area contributed by atoms with Crippen molar-refractivity contribution in [1.29, 1.82) is 0 Å². The quantitative estimate of drug-likeness (QED) is 0.775. The molecule has 0 aliphatic rings. The summed E-state index contributed by atoms with van der Waals surface area (Å²) in [6.45, 7) is 1.90.